The Bertz CT molecular complexity index is 157. The summed E-state index contributed by atoms with van der Waals surface area (Å²) in [5.41, 5.74) is 0. The standard InChI is InChI=1S/C13H25FO/c1-4-12(7-6-11(3)14)10-13(5-2)8-9-15/h5,11-13,15H,2,4,6-10H2,1,3H3. The number of hydrogen-bond acceptors (Lipinski definition) is 1. The molecule has 0 saturated carbocycles. The highest BCUT2D eigenvalue weighted by Crippen LogP contribution is 2.24. The molecule has 0 aromatic rings. The Labute approximate surface area is 93.4 Å². The van der Waals surface area contributed by atoms with E-state index in [9.17, 15) is 4.39 Å². The van der Waals surface area contributed by atoms with Gasteiger partial charge in [-0.1, -0.05) is 19.4 Å². The van der Waals surface area contributed by atoms with E-state index in [1.54, 1.807) is 6.92 Å². The zero-order chi connectivity index (χ0) is 11.7. The summed E-state index contributed by atoms with van der Waals surface area (Å²) in [4.78, 5) is 0. The van der Waals surface area contributed by atoms with Gasteiger partial charge in [-0.3, -0.25) is 0 Å². The SMILES string of the molecule is C=CC(CCO)CC(CC)CCC(C)F. The van der Waals surface area contributed by atoms with Crippen LogP contribution in [-0.2, 0) is 0 Å². The van der Waals surface area contributed by atoms with Crippen LogP contribution in [0, 0.1) is 11.8 Å². The highest BCUT2D eigenvalue weighted by Gasteiger charge is 2.13. The molecule has 3 atom stereocenters. The van der Waals surface area contributed by atoms with Crippen LogP contribution >= 0.6 is 0 Å². The number of hydrogen-bond donors (Lipinski definition) is 1. The van der Waals surface area contributed by atoms with E-state index in [0.717, 1.165) is 25.7 Å². The van der Waals surface area contributed by atoms with Gasteiger partial charge in [-0.05, 0) is 44.4 Å². The highest BCUT2D eigenvalue weighted by atomic mass is 19.1. The minimum absolute atomic E-state index is 0.215. The molecule has 0 bridgehead atoms. The molecule has 0 rings (SSSR count). The van der Waals surface area contributed by atoms with Crippen molar-refractivity contribution in [1.82, 2.24) is 0 Å². The molecule has 0 amide bonds. The predicted octanol–water partition coefficient (Wildman–Crippen LogP) is 3.73. The van der Waals surface area contributed by atoms with Gasteiger partial charge in [0, 0.05) is 6.61 Å². The summed E-state index contributed by atoms with van der Waals surface area (Å²) in [6.07, 6.45) is 5.73. The summed E-state index contributed by atoms with van der Waals surface area (Å²) < 4.78 is 12.7. The van der Waals surface area contributed by atoms with Gasteiger partial charge in [0.25, 0.3) is 0 Å². The summed E-state index contributed by atoms with van der Waals surface area (Å²) in [6.45, 7) is 7.75. The maximum absolute atomic E-state index is 12.7. The van der Waals surface area contributed by atoms with Crippen molar-refractivity contribution in [2.45, 2.75) is 52.1 Å². The van der Waals surface area contributed by atoms with Gasteiger partial charge in [0.1, 0.15) is 0 Å². The van der Waals surface area contributed by atoms with Gasteiger partial charge in [0.05, 0.1) is 6.17 Å². The Morgan fingerprint density at radius 1 is 1.33 bits per heavy atom. The van der Waals surface area contributed by atoms with Crippen LogP contribution in [-0.4, -0.2) is 17.9 Å². The molecule has 1 N–H and O–H groups in total. The quantitative estimate of drug-likeness (QED) is 0.582. The number of halogens is 1. The molecule has 0 spiro atoms. The lowest BCUT2D eigenvalue weighted by Crippen LogP contribution is -2.10. The molecule has 0 aromatic carbocycles. The maximum Gasteiger partial charge on any atom is 0.0973 e. The van der Waals surface area contributed by atoms with E-state index < -0.39 is 6.17 Å². The Balaban J connectivity index is 3.89. The average molecular weight is 216 g/mol. The predicted molar refractivity (Wildman–Crippen MR) is 63.6 cm³/mol. The Morgan fingerprint density at radius 2 is 2.00 bits per heavy atom. The molecular weight excluding hydrogens is 191 g/mol. The monoisotopic (exact) mass is 216 g/mol. The van der Waals surface area contributed by atoms with Crippen LogP contribution in [0.3, 0.4) is 0 Å². The highest BCUT2D eigenvalue weighted by molar-refractivity contribution is 4.81. The van der Waals surface area contributed by atoms with Crippen LogP contribution in [0.1, 0.15) is 46.0 Å². The van der Waals surface area contributed by atoms with Gasteiger partial charge in [-0.2, -0.15) is 0 Å². The number of rotatable bonds is 9. The van der Waals surface area contributed by atoms with E-state index in [2.05, 4.69) is 13.5 Å². The van der Waals surface area contributed by atoms with Crippen LogP contribution in [0.5, 0.6) is 0 Å². The second kappa shape index (κ2) is 8.90. The number of aliphatic hydroxyl groups is 1. The molecule has 0 radical (unpaired) electrons. The van der Waals surface area contributed by atoms with Crippen LogP contribution in [0.15, 0.2) is 12.7 Å². The molecule has 0 fully saturated rings. The molecule has 3 unspecified atom stereocenters. The van der Waals surface area contributed by atoms with Crippen LogP contribution in [0.2, 0.25) is 0 Å². The lowest BCUT2D eigenvalue weighted by molar-refractivity contribution is 0.244. The van der Waals surface area contributed by atoms with Crippen molar-refractivity contribution < 1.29 is 9.50 Å². The lowest BCUT2D eigenvalue weighted by atomic mass is 9.87. The zero-order valence-corrected chi connectivity index (χ0v) is 10.1. The van der Waals surface area contributed by atoms with E-state index >= 15 is 0 Å². The first-order valence-electron chi connectivity index (χ1n) is 6.01. The fraction of sp³-hybridized carbons (Fsp3) is 0.846. The maximum atomic E-state index is 12.7. The molecule has 0 aliphatic heterocycles. The van der Waals surface area contributed by atoms with Crippen molar-refractivity contribution in [2.75, 3.05) is 6.61 Å². The fourth-order valence-corrected chi connectivity index (χ4v) is 1.88. The second-order valence-electron chi connectivity index (χ2n) is 4.38. The number of alkyl halides is 1. The Kier molecular flexibility index (Phi) is 8.68. The van der Waals surface area contributed by atoms with Crippen molar-refractivity contribution in [3.8, 4) is 0 Å². The van der Waals surface area contributed by atoms with Crippen molar-refractivity contribution in [2.24, 2.45) is 11.8 Å². The second-order valence-corrected chi connectivity index (χ2v) is 4.38. The smallest absolute Gasteiger partial charge is 0.0973 e. The van der Waals surface area contributed by atoms with Gasteiger partial charge in [0.2, 0.25) is 0 Å². The van der Waals surface area contributed by atoms with E-state index in [-0.39, 0.29) is 6.61 Å². The molecule has 0 saturated heterocycles. The Hall–Kier alpha value is -0.370. The van der Waals surface area contributed by atoms with Gasteiger partial charge in [0.15, 0.2) is 0 Å². The molecule has 0 aromatic heterocycles. The molecule has 1 nitrogen and oxygen atoms in total. The summed E-state index contributed by atoms with van der Waals surface area (Å²) in [5.74, 6) is 0.951. The largest absolute Gasteiger partial charge is 0.396 e. The van der Waals surface area contributed by atoms with Crippen LogP contribution in [0.25, 0.3) is 0 Å². The number of allylic oxidation sites excluding steroid dienone is 1. The molecular formula is C13H25FO. The van der Waals surface area contributed by atoms with E-state index in [1.807, 2.05) is 6.08 Å². The van der Waals surface area contributed by atoms with E-state index in [0.29, 0.717) is 18.3 Å². The minimum atomic E-state index is -0.695. The molecule has 0 aliphatic rings. The third-order valence-electron chi connectivity index (χ3n) is 3.02. The Morgan fingerprint density at radius 3 is 2.40 bits per heavy atom. The van der Waals surface area contributed by atoms with Gasteiger partial charge in [-0.25, -0.2) is 4.39 Å². The molecule has 15 heavy (non-hydrogen) atoms. The first kappa shape index (κ1) is 14.6. The first-order valence-corrected chi connectivity index (χ1v) is 6.01. The zero-order valence-electron chi connectivity index (χ0n) is 10.1. The molecule has 0 heterocycles. The van der Waals surface area contributed by atoms with E-state index in [1.165, 1.54) is 0 Å². The lowest BCUT2D eigenvalue weighted by Gasteiger charge is -2.19. The van der Waals surface area contributed by atoms with Gasteiger partial charge >= 0.3 is 0 Å². The average Bonchev–Trinajstić information content (AvgIpc) is 2.22. The third-order valence-corrected chi connectivity index (χ3v) is 3.02. The third kappa shape index (κ3) is 7.55. The van der Waals surface area contributed by atoms with Crippen LogP contribution in [0.4, 0.5) is 4.39 Å². The van der Waals surface area contributed by atoms with Crippen molar-refractivity contribution >= 4 is 0 Å². The molecule has 0 aliphatic carbocycles. The fourth-order valence-electron chi connectivity index (χ4n) is 1.88. The number of aliphatic hydroxyl groups excluding tert-OH is 1. The molecule has 2 heteroatoms. The van der Waals surface area contributed by atoms with Gasteiger partial charge in [-0.15, -0.1) is 6.58 Å². The summed E-state index contributed by atoms with van der Waals surface area (Å²) in [7, 11) is 0. The van der Waals surface area contributed by atoms with Gasteiger partial charge < -0.3 is 5.11 Å². The van der Waals surface area contributed by atoms with E-state index in [4.69, 9.17) is 5.11 Å². The summed E-state index contributed by atoms with van der Waals surface area (Å²) in [6, 6.07) is 0. The van der Waals surface area contributed by atoms with Crippen molar-refractivity contribution in [3.63, 3.8) is 0 Å². The normalized spacial score (nSPS) is 17.1. The minimum Gasteiger partial charge on any atom is -0.396 e. The summed E-state index contributed by atoms with van der Waals surface area (Å²) in [5, 5.41) is 8.86. The van der Waals surface area contributed by atoms with Crippen molar-refractivity contribution in [3.05, 3.63) is 12.7 Å². The van der Waals surface area contributed by atoms with Crippen LogP contribution < -0.4 is 0 Å². The summed E-state index contributed by atoms with van der Waals surface area (Å²) >= 11 is 0. The molecule has 90 valence electrons. The first-order chi connectivity index (χ1) is 7.13. The van der Waals surface area contributed by atoms with Crippen molar-refractivity contribution in [1.29, 1.82) is 0 Å². The topological polar surface area (TPSA) is 20.2 Å².